The molecule has 0 fully saturated rings. The molecule has 0 radical (unpaired) electrons. The molecule has 0 saturated heterocycles. The summed E-state index contributed by atoms with van der Waals surface area (Å²) in [5.74, 6) is -3.72. The maximum atomic E-state index is 12.2. The minimum atomic E-state index is -1.15. The van der Waals surface area contributed by atoms with Crippen LogP contribution in [-0.2, 0) is 36.9 Å². The molecule has 0 heterocycles. The SMILES string of the molecule is CCCCCCCCOC(=O)c1ccccc1C(=O)OCCCC.CCCCCCO.CCCCOC(=O)c1ccccc1C(=O)OCc1ccccc1.O=C(O)c1ccccc1C(=O)OCc1ccccc1. The zero-order chi connectivity index (χ0) is 53.3. The zero-order valence-corrected chi connectivity index (χ0v) is 43.2. The number of carbonyl (C=O) groups excluding carboxylic acids is 5. The lowest BCUT2D eigenvalue weighted by atomic mass is 10.1. The van der Waals surface area contributed by atoms with E-state index in [9.17, 15) is 28.8 Å². The number of carboxylic acids is 1. The molecule has 0 atom stereocenters. The highest BCUT2D eigenvalue weighted by molar-refractivity contribution is 6.04. The van der Waals surface area contributed by atoms with Gasteiger partial charge in [-0.3, -0.25) is 0 Å². The maximum absolute atomic E-state index is 12.2. The van der Waals surface area contributed by atoms with E-state index in [0.29, 0.717) is 26.4 Å². The van der Waals surface area contributed by atoms with Gasteiger partial charge in [0.1, 0.15) is 13.2 Å². The molecule has 5 aromatic rings. The second-order valence-electron chi connectivity index (χ2n) is 16.7. The van der Waals surface area contributed by atoms with Crippen LogP contribution in [0, 0.1) is 0 Å². The fourth-order valence-corrected chi connectivity index (χ4v) is 6.57. The first-order valence-corrected chi connectivity index (χ1v) is 25.6. The van der Waals surface area contributed by atoms with Gasteiger partial charge in [0.05, 0.1) is 53.2 Å². The summed E-state index contributed by atoms with van der Waals surface area (Å²) in [6.07, 6.45) is 15.0. The fourth-order valence-electron chi connectivity index (χ4n) is 6.57. The van der Waals surface area contributed by atoms with Gasteiger partial charge in [-0.1, -0.05) is 189 Å². The highest BCUT2D eigenvalue weighted by Gasteiger charge is 2.21. The van der Waals surface area contributed by atoms with E-state index in [1.807, 2.05) is 74.5 Å². The van der Waals surface area contributed by atoms with Crippen molar-refractivity contribution in [3.05, 3.63) is 178 Å². The minimum absolute atomic E-state index is 0.0550. The number of carboxylic acid groups (broad SMARTS) is 1. The third kappa shape index (κ3) is 26.2. The molecule has 0 aliphatic rings. The topological polar surface area (TPSA) is 189 Å². The molecule has 5 rings (SSSR count). The first kappa shape index (κ1) is 62.0. The van der Waals surface area contributed by atoms with Gasteiger partial charge < -0.3 is 33.9 Å². The van der Waals surface area contributed by atoms with E-state index in [0.717, 1.165) is 56.1 Å². The van der Waals surface area contributed by atoms with Crippen LogP contribution >= 0.6 is 0 Å². The van der Waals surface area contributed by atoms with Gasteiger partial charge in [-0.25, -0.2) is 28.8 Å². The number of ether oxygens (including phenoxy) is 5. The number of unbranched alkanes of at least 4 members (excludes halogenated alkanes) is 10. The minimum Gasteiger partial charge on any atom is -0.478 e. The summed E-state index contributed by atoms with van der Waals surface area (Å²) in [6.45, 7) is 10.2. The lowest BCUT2D eigenvalue weighted by Crippen LogP contribution is -2.15. The van der Waals surface area contributed by atoms with Gasteiger partial charge >= 0.3 is 35.8 Å². The van der Waals surface area contributed by atoms with Crippen molar-refractivity contribution in [2.24, 2.45) is 0 Å². The second-order valence-corrected chi connectivity index (χ2v) is 16.7. The van der Waals surface area contributed by atoms with Crippen LogP contribution in [0.2, 0.25) is 0 Å². The van der Waals surface area contributed by atoms with Crippen molar-refractivity contribution in [1.29, 1.82) is 0 Å². The number of aliphatic hydroxyl groups excluding tert-OH is 1. The third-order valence-electron chi connectivity index (χ3n) is 10.7. The Morgan fingerprint density at radius 3 is 0.945 bits per heavy atom. The Kier molecular flexibility index (Phi) is 33.5. The number of carbonyl (C=O) groups is 6. The molecule has 0 saturated carbocycles. The fraction of sp³-hybridized carbons (Fsp3) is 0.400. The smallest absolute Gasteiger partial charge is 0.339 e. The molecular formula is C60H76O13. The van der Waals surface area contributed by atoms with Crippen LogP contribution in [0.1, 0.15) is 191 Å². The molecule has 0 aliphatic heterocycles. The highest BCUT2D eigenvalue weighted by atomic mass is 16.5. The van der Waals surface area contributed by atoms with Gasteiger partial charge in [-0.2, -0.15) is 0 Å². The van der Waals surface area contributed by atoms with E-state index in [1.165, 1.54) is 57.1 Å². The Balaban J connectivity index is 0.000000353. The van der Waals surface area contributed by atoms with Gasteiger partial charge in [0, 0.05) is 6.61 Å². The Hall–Kier alpha value is -7.12. The van der Waals surface area contributed by atoms with Crippen molar-refractivity contribution in [3.8, 4) is 0 Å². The summed E-state index contributed by atoms with van der Waals surface area (Å²) in [5, 5.41) is 17.3. The Morgan fingerprint density at radius 1 is 0.329 bits per heavy atom. The third-order valence-corrected chi connectivity index (χ3v) is 10.7. The number of aromatic carboxylic acids is 1. The van der Waals surface area contributed by atoms with Crippen LogP contribution in [0.4, 0.5) is 0 Å². The Morgan fingerprint density at radius 2 is 0.603 bits per heavy atom. The van der Waals surface area contributed by atoms with Crippen molar-refractivity contribution < 1.29 is 62.7 Å². The predicted molar refractivity (Wildman–Crippen MR) is 283 cm³/mol. The van der Waals surface area contributed by atoms with Crippen molar-refractivity contribution in [3.63, 3.8) is 0 Å². The molecule has 0 amide bonds. The second kappa shape index (κ2) is 39.5. The molecule has 0 aliphatic carbocycles. The number of aliphatic hydroxyl groups is 1. The molecule has 13 nitrogen and oxygen atoms in total. The van der Waals surface area contributed by atoms with Gasteiger partial charge in [-0.15, -0.1) is 0 Å². The standard InChI is InChI=1S/C20H30O4.C19H20O4.C15H12O4.C6H14O/c1-3-5-7-8-9-12-16-24-20(22)18-14-11-10-13-17(18)19(21)23-15-6-4-2;1-2-3-13-22-18(20)16-11-7-8-12-17(16)19(21)23-14-15-9-5-4-6-10-15;16-14(17)12-8-4-5-9-13(12)15(18)19-10-11-6-2-1-3-7-11;1-2-3-4-5-6-7/h10-11,13-14H,3-9,12,15-16H2,1-2H3;4-12H,2-3,13-14H2,1H3;1-9H,10H2,(H,16,17);7H,2-6H2,1H3. The number of hydrogen-bond acceptors (Lipinski definition) is 12. The molecule has 73 heavy (non-hydrogen) atoms. The highest BCUT2D eigenvalue weighted by Crippen LogP contribution is 2.16. The van der Waals surface area contributed by atoms with E-state index in [4.69, 9.17) is 33.9 Å². The number of esters is 5. The van der Waals surface area contributed by atoms with Gasteiger partial charge in [0.25, 0.3) is 0 Å². The summed E-state index contributed by atoms with van der Waals surface area (Å²) in [4.78, 5) is 71.5. The molecule has 5 aromatic carbocycles. The first-order chi connectivity index (χ1) is 35.5. The molecule has 0 unspecified atom stereocenters. The van der Waals surface area contributed by atoms with Crippen LogP contribution in [0.15, 0.2) is 133 Å². The lowest BCUT2D eigenvalue weighted by molar-refractivity contribution is 0.0437. The van der Waals surface area contributed by atoms with Crippen molar-refractivity contribution in [2.75, 3.05) is 26.4 Å². The average molecular weight is 1010 g/mol. The molecule has 0 spiro atoms. The van der Waals surface area contributed by atoms with Crippen molar-refractivity contribution >= 4 is 35.8 Å². The molecule has 13 heteroatoms. The molecule has 394 valence electrons. The largest absolute Gasteiger partial charge is 0.478 e. The van der Waals surface area contributed by atoms with Crippen molar-refractivity contribution in [2.45, 2.75) is 131 Å². The van der Waals surface area contributed by atoms with E-state index < -0.39 is 35.8 Å². The van der Waals surface area contributed by atoms with Crippen LogP contribution in [-0.4, -0.2) is 72.5 Å². The van der Waals surface area contributed by atoms with Crippen LogP contribution in [0.25, 0.3) is 0 Å². The van der Waals surface area contributed by atoms with Crippen LogP contribution in [0.5, 0.6) is 0 Å². The van der Waals surface area contributed by atoms with Crippen LogP contribution < -0.4 is 0 Å². The number of rotatable bonds is 27. The summed E-state index contributed by atoms with van der Waals surface area (Å²) in [7, 11) is 0. The summed E-state index contributed by atoms with van der Waals surface area (Å²) < 4.78 is 26.1. The van der Waals surface area contributed by atoms with Crippen LogP contribution in [0.3, 0.4) is 0 Å². The summed E-state index contributed by atoms with van der Waals surface area (Å²) in [6, 6.07) is 37.8. The predicted octanol–water partition coefficient (Wildman–Crippen LogP) is 13.5. The van der Waals surface area contributed by atoms with E-state index in [1.54, 1.807) is 60.7 Å². The Labute approximate surface area is 432 Å². The van der Waals surface area contributed by atoms with E-state index >= 15 is 0 Å². The monoisotopic (exact) mass is 1000 g/mol. The molecule has 0 bridgehead atoms. The van der Waals surface area contributed by atoms with Gasteiger partial charge in [0.15, 0.2) is 0 Å². The molecular weight excluding hydrogens is 929 g/mol. The first-order valence-electron chi connectivity index (χ1n) is 25.6. The molecule has 2 N–H and O–H groups in total. The average Bonchev–Trinajstić information content (AvgIpc) is 3.42. The van der Waals surface area contributed by atoms with Gasteiger partial charge in [-0.05, 0) is 73.2 Å². The van der Waals surface area contributed by atoms with E-state index in [-0.39, 0.29) is 46.6 Å². The summed E-state index contributed by atoms with van der Waals surface area (Å²) >= 11 is 0. The van der Waals surface area contributed by atoms with Gasteiger partial charge in [0.2, 0.25) is 0 Å². The van der Waals surface area contributed by atoms with Crippen molar-refractivity contribution in [1.82, 2.24) is 0 Å². The maximum Gasteiger partial charge on any atom is 0.339 e. The number of benzene rings is 5. The normalized spacial score (nSPS) is 10.1. The lowest BCUT2D eigenvalue weighted by Gasteiger charge is -2.09. The molecule has 0 aromatic heterocycles. The Bertz CT molecular complexity index is 2320. The summed E-state index contributed by atoms with van der Waals surface area (Å²) in [5.41, 5.74) is 2.78. The quantitative estimate of drug-likeness (QED) is 0.0287. The van der Waals surface area contributed by atoms with E-state index in [2.05, 4.69) is 13.8 Å². The zero-order valence-electron chi connectivity index (χ0n) is 43.2. The number of hydrogen-bond donors (Lipinski definition) is 2.